The Morgan fingerprint density at radius 1 is 1.19 bits per heavy atom. The molecule has 1 aromatic rings. The van der Waals surface area contributed by atoms with Gasteiger partial charge < -0.3 is 20.5 Å². The Hall–Kier alpha value is -3.47. The van der Waals surface area contributed by atoms with Crippen molar-refractivity contribution in [3.05, 3.63) is 46.7 Å². The van der Waals surface area contributed by atoms with Crippen LogP contribution in [0.15, 0.2) is 41.1 Å². The number of rotatable bonds is 3. The SMILES string of the molecule is COc1cccc([C@@H]2[C@@H]3CNCC=C3C(C#N)=C(N)C2(C#N)C#N)c1OC. The van der Waals surface area contributed by atoms with Crippen molar-refractivity contribution in [3.8, 4) is 29.7 Å². The lowest BCUT2D eigenvalue weighted by Crippen LogP contribution is -2.47. The number of nitrogens with zero attached hydrogens (tertiary/aromatic N) is 3. The minimum absolute atomic E-state index is 0.00530. The molecule has 0 saturated heterocycles. The Labute approximate surface area is 157 Å². The van der Waals surface area contributed by atoms with Gasteiger partial charge in [-0.1, -0.05) is 18.2 Å². The quantitative estimate of drug-likeness (QED) is 0.838. The van der Waals surface area contributed by atoms with Gasteiger partial charge >= 0.3 is 0 Å². The fraction of sp³-hybridized carbons (Fsp3) is 0.350. The average Bonchev–Trinajstić information content (AvgIpc) is 2.72. The van der Waals surface area contributed by atoms with E-state index in [0.717, 1.165) is 5.57 Å². The summed E-state index contributed by atoms with van der Waals surface area (Å²) in [6, 6.07) is 11.7. The number of nitriles is 3. The van der Waals surface area contributed by atoms with E-state index < -0.39 is 11.3 Å². The van der Waals surface area contributed by atoms with Crippen molar-refractivity contribution in [2.45, 2.75) is 5.92 Å². The molecule has 1 aliphatic heterocycles. The molecule has 3 N–H and O–H groups in total. The normalized spacial score (nSPS) is 23.1. The number of hydrogen-bond donors (Lipinski definition) is 2. The van der Waals surface area contributed by atoms with Crippen LogP contribution in [0.4, 0.5) is 0 Å². The number of methoxy groups -OCH3 is 2. The Balaban J connectivity index is 2.38. The molecule has 0 unspecified atom stereocenters. The third-order valence-electron chi connectivity index (χ3n) is 5.31. The van der Waals surface area contributed by atoms with Gasteiger partial charge in [0.1, 0.15) is 6.07 Å². The smallest absolute Gasteiger partial charge is 0.191 e. The number of nitrogens with two attached hydrogens (primary N) is 1. The van der Waals surface area contributed by atoms with Crippen LogP contribution in [0.5, 0.6) is 11.5 Å². The van der Waals surface area contributed by atoms with Crippen molar-refractivity contribution in [1.29, 1.82) is 15.8 Å². The van der Waals surface area contributed by atoms with Crippen molar-refractivity contribution in [2.24, 2.45) is 17.1 Å². The summed E-state index contributed by atoms with van der Waals surface area (Å²) in [5.41, 5.74) is 6.22. The molecular formula is C20H19N5O2. The second-order valence-electron chi connectivity index (χ2n) is 6.42. The van der Waals surface area contributed by atoms with Gasteiger partial charge in [0, 0.05) is 30.5 Å². The van der Waals surface area contributed by atoms with Crippen molar-refractivity contribution in [1.82, 2.24) is 5.32 Å². The van der Waals surface area contributed by atoms with Gasteiger partial charge in [-0.25, -0.2) is 0 Å². The second kappa shape index (κ2) is 7.03. The van der Waals surface area contributed by atoms with E-state index in [1.54, 1.807) is 12.1 Å². The third kappa shape index (κ3) is 2.51. The maximum Gasteiger partial charge on any atom is 0.191 e. The molecule has 1 heterocycles. The highest BCUT2D eigenvalue weighted by Gasteiger charge is 2.54. The number of ether oxygens (including phenoxy) is 2. The van der Waals surface area contributed by atoms with Crippen LogP contribution in [-0.4, -0.2) is 27.3 Å². The van der Waals surface area contributed by atoms with Crippen molar-refractivity contribution < 1.29 is 9.47 Å². The first kappa shape index (κ1) is 18.3. The Kier molecular flexibility index (Phi) is 4.77. The Morgan fingerprint density at radius 3 is 2.52 bits per heavy atom. The summed E-state index contributed by atoms with van der Waals surface area (Å²) in [5.74, 6) is 0.0652. The number of hydrogen-bond acceptors (Lipinski definition) is 7. The molecule has 0 saturated carbocycles. The largest absolute Gasteiger partial charge is 0.493 e. The predicted octanol–water partition coefficient (Wildman–Crippen LogP) is 1.72. The Morgan fingerprint density at radius 2 is 1.93 bits per heavy atom. The van der Waals surface area contributed by atoms with Crippen LogP contribution in [0.25, 0.3) is 0 Å². The predicted molar refractivity (Wildman–Crippen MR) is 97.2 cm³/mol. The molecule has 2 aliphatic rings. The number of nitrogens with one attached hydrogen (secondary N) is 1. The van der Waals surface area contributed by atoms with Crippen molar-refractivity contribution in [3.63, 3.8) is 0 Å². The van der Waals surface area contributed by atoms with Crippen LogP contribution >= 0.6 is 0 Å². The number of benzene rings is 1. The molecule has 7 nitrogen and oxygen atoms in total. The molecular weight excluding hydrogens is 342 g/mol. The first-order valence-electron chi connectivity index (χ1n) is 8.44. The van der Waals surface area contributed by atoms with E-state index in [9.17, 15) is 15.8 Å². The summed E-state index contributed by atoms with van der Waals surface area (Å²) in [6.07, 6.45) is 1.90. The second-order valence-corrected chi connectivity index (χ2v) is 6.42. The average molecular weight is 361 g/mol. The maximum atomic E-state index is 10.0. The van der Waals surface area contributed by atoms with Crippen molar-refractivity contribution >= 4 is 0 Å². The number of allylic oxidation sites excluding steroid dienone is 2. The summed E-state index contributed by atoms with van der Waals surface area (Å²) in [5, 5.41) is 33.0. The van der Waals surface area contributed by atoms with Gasteiger partial charge in [-0.3, -0.25) is 0 Å². The van der Waals surface area contributed by atoms with E-state index in [4.69, 9.17) is 15.2 Å². The van der Waals surface area contributed by atoms with E-state index >= 15 is 0 Å². The molecule has 7 heteroatoms. The zero-order valence-electron chi connectivity index (χ0n) is 15.1. The Bertz CT molecular complexity index is 944. The topological polar surface area (TPSA) is 128 Å². The standard InChI is InChI=1S/C20H19N5O2/c1-26-16-5-3-4-13(18(16)27-2)17-15-9-25-7-6-12(15)14(8-21)19(24)20(17,10-22)11-23/h3-6,15,17,25H,7,9,24H2,1-2H3/t15-,17-/m1/s1. The highest BCUT2D eigenvalue weighted by Crippen LogP contribution is 2.56. The zero-order valence-corrected chi connectivity index (χ0v) is 15.1. The summed E-state index contributed by atoms with van der Waals surface area (Å²) < 4.78 is 11.0. The third-order valence-corrected chi connectivity index (χ3v) is 5.31. The van der Waals surface area contributed by atoms with Crippen LogP contribution in [0.2, 0.25) is 0 Å². The maximum absolute atomic E-state index is 10.0. The van der Waals surface area contributed by atoms with Crippen LogP contribution in [0.3, 0.4) is 0 Å². The zero-order chi connectivity index (χ0) is 19.6. The summed E-state index contributed by atoms with van der Waals surface area (Å²) >= 11 is 0. The van der Waals surface area contributed by atoms with Gasteiger partial charge in [-0.2, -0.15) is 15.8 Å². The fourth-order valence-electron chi connectivity index (χ4n) is 4.11. The van der Waals surface area contributed by atoms with Gasteiger partial charge in [0.05, 0.1) is 37.6 Å². The van der Waals surface area contributed by atoms with Gasteiger partial charge in [-0.15, -0.1) is 0 Å². The molecule has 0 spiro atoms. The molecule has 1 aromatic carbocycles. The molecule has 0 fully saturated rings. The molecule has 2 atom stereocenters. The van der Waals surface area contributed by atoms with E-state index in [-0.39, 0.29) is 17.2 Å². The highest BCUT2D eigenvalue weighted by atomic mass is 16.5. The van der Waals surface area contributed by atoms with Gasteiger partial charge in [0.25, 0.3) is 0 Å². The molecule has 1 aliphatic carbocycles. The molecule has 0 bridgehead atoms. The molecule has 3 rings (SSSR count). The summed E-state index contributed by atoms with van der Waals surface area (Å²) in [4.78, 5) is 0. The highest BCUT2D eigenvalue weighted by molar-refractivity contribution is 5.62. The minimum Gasteiger partial charge on any atom is -0.493 e. The first-order chi connectivity index (χ1) is 13.1. The number of para-hydroxylation sites is 1. The van der Waals surface area contributed by atoms with E-state index in [1.807, 2.05) is 12.1 Å². The van der Waals surface area contributed by atoms with E-state index in [2.05, 4.69) is 23.5 Å². The van der Waals surface area contributed by atoms with Crippen molar-refractivity contribution in [2.75, 3.05) is 27.3 Å². The molecule has 27 heavy (non-hydrogen) atoms. The van der Waals surface area contributed by atoms with Crippen LogP contribution < -0.4 is 20.5 Å². The van der Waals surface area contributed by atoms with E-state index in [0.29, 0.717) is 30.2 Å². The van der Waals surface area contributed by atoms with E-state index in [1.165, 1.54) is 14.2 Å². The summed E-state index contributed by atoms with van der Waals surface area (Å²) in [7, 11) is 3.04. The van der Waals surface area contributed by atoms with Crippen LogP contribution in [0, 0.1) is 45.3 Å². The summed E-state index contributed by atoms with van der Waals surface area (Å²) in [6.45, 7) is 1.11. The van der Waals surface area contributed by atoms with Gasteiger partial charge in [0.15, 0.2) is 16.9 Å². The van der Waals surface area contributed by atoms with Gasteiger partial charge in [-0.05, 0) is 11.6 Å². The molecule has 0 aromatic heterocycles. The van der Waals surface area contributed by atoms with Gasteiger partial charge in [0.2, 0.25) is 0 Å². The lowest BCUT2D eigenvalue weighted by molar-refractivity contribution is 0.305. The van der Waals surface area contributed by atoms with Crippen LogP contribution in [-0.2, 0) is 0 Å². The first-order valence-corrected chi connectivity index (χ1v) is 8.44. The molecule has 0 radical (unpaired) electrons. The molecule has 136 valence electrons. The minimum atomic E-state index is -1.69. The monoisotopic (exact) mass is 361 g/mol. The molecule has 0 amide bonds. The lowest BCUT2D eigenvalue weighted by atomic mass is 9.58. The van der Waals surface area contributed by atoms with Crippen LogP contribution in [0.1, 0.15) is 11.5 Å². The number of fused-ring (bicyclic) bond motifs is 1. The fourth-order valence-corrected chi connectivity index (χ4v) is 4.11. The lowest BCUT2D eigenvalue weighted by Gasteiger charge is -2.43.